The summed E-state index contributed by atoms with van der Waals surface area (Å²) in [5.41, 5.74) is 5.27. The fraction of sp³-hybridized carbons (Fsp3) is 0.304. The van der Waals surface area contributed by atoms with Gasteiger partial charge in [-0.3, -0.25) is 9.48 Å². The van der Waals surface area contributed by atoms with Crippen molar-refractivity contribution >= 4 is 15.7 Å². The van der Waals surface area contributed by atoms with E-state index >= 15 is 0 Å². The first-order valence-corrected chi connectivity index (χ1v) is 11.8. The molecule has 0 spiro atoms. The molecule has 3 aromatic rings. The van der Waals surface area contributed by atoms with Gasteiger partial charge in [-0.2, -0.15) is 5.10 Å². The van der Waals surface area contributed by atoms with Gasteiger partial charge in [0.05, 0.1) is 23.2 Å². The third-order valence-corrected chi connectivity index (χ3v) is 7.19. The van der Waals surface area contributed by atoms with Crippen LogP contribution in [-0.2, 0) is 16.4 Å². The topological polar surface area (TPSA) is 81.1 Å². The van der Waals surface area contributed by atoms with E-state index in [-0.39, 0.29) is 23.5 Å². The zero-order valence-electron chi connectivity index (χ0n) is 17.1. The Balaban J connectivity index is 1.61. The quantitative estimate of drug-likeness (QED) is 0.681. The molecule has 30 heavy (non-hydrogen) atoms. The van der Waals surface area contributed by atoms with Gasteiger partial charge < -0.3 is 5.32 Å². The average molecular weight is 424 g/mol. The van der Waals surface area contributed by atoms with E-state index in [1.54, 1.807) is 10.7 Å². The van der Waals surface area contributed by atoms with Gasteiger partial charge >= 0.3 is 0 Å². The third kappa shape index (κ3) is 4.46. The number of benzene rings is 2. The second-order valence-corrected chi connectivity index (χ2v) is 10.2. The third-order valence-electron chi connectivity index (χ3n) is 5.44. The lowest BCUT2D eigenvalue weighted by Gasteiger charge is -2.13. The number of hydrogen-bond acceptors (Lipinski definition) is 4. The molecule has 6 nitrogen and oxygen atoms in total. The monoisotopic (exact) mass is 423 g/mol. The lowest BCUT2D eigenvalue weighted by molar-refractivity contribution is 0.0945. The second-order valence-electron chi connectivity index (χ2n) is 7.95. The van der Waals surface area contributed by atoms with E-state index in [1.807, 2.05) is 62.4 Å². The SMILES string of the molecule is Cc1ccc(CNC(=O)c2cc(-c3ccc(C)cc3)n([C@H]3CCS(=O)(=O)C3)n2)cc1. The number of sulfone groups is 1. The molecule has 1 aromatic heterocycles. The molecule has 0 bridgehead atoms. The van der Waals surface area contributed by atoms with Crippen molar-refractivity contribution in [3.05, 3.63) is 77.0 Å². The summed E-state index contributed by atoms with van der Waals surface area (Å²) in [4.78, 5) is 12.8. The molecule has 1 N–H and O–H groups in total. The van der Waals surface area contributed by atoms with Crippen molar-refractivity contribution in [3.8, 4) is 11.3 Å². The number of rotatable bonds is 5. The summed E-state index contributed by atoms with van der Waals surface area (Å²) < 4.78 is 25.7. The smallest absolute Gasteiger partial charge is 0.272 e. The van der Waals surface area contributed by atoms with Crippen LogP contribution in [0.1, 0.15) is 39.6 Å². The highest BCUT2D eigenvalue weighted by molar-refractivity contribution is 7.91. The number of carbonyl (C=O) groups is 1. The second kappa shape index (κ2) is 8.07. The Labute approximate surface area is 176 Å². The standard InChI is InChI=1S/C23H25N3O3S/c1-16-3-7-18(8-4-16)14-24-23(27)21-13-22(19-9-5-17(2)6-10-19)26(25-21)20-11-12-30(28,29)15-20/h3-10,13,20H,11-12,14-15H2,1-2H3,(H,24,27)/t20-/m0/s1. The molecule has 0 unspecified atom stereocenters. The van der Waals surface area contributed by atoms with Crippen LogP contribution in [0.25, 0.3) is 11.3 Å². The van der Waals surface area contributed by atoms with Gasteiger partial charge in [0.1, 0.15) is 0 Å². The minimum absolute atomic E-state index is 0.0535. The molecule has 1 aliphatic rings. The molecule has 1 amide bonds. The summed E-state index contributed by atoms with van der Waals surface area (Å²) >= 11 is 0. The molecule has 1 saturated heterocycles. The molecule has 0 saturated carbocycles. The highest BCUT2D eigenvalue weighted by atomic mass is 32.2. The van der Waals surface area contributed by atoms with Crippen LogP contribution in [0.15, 0.2) is 54.6 Å². The maximum Gasteiger partial charge on any atom is 0.272 e. The maximum absolute atomic E-state index is 12.8. The average Bonchev–Trinajstić information content (AvgIpc) is 3.31. The number of hydrogen-bond donors (Lipinski definition) is 1. The van der Waals surface area contributed by atoms with Gasteiger partial charge in [0, 0.05) is 6.54 Å². The van der Waals surface area contributed by atoms with E-state index in [0.717, 1.165) is 27.9 Å². The highest BCUT2D eigenvalue weighted by Gasteiger charge is 2.32. The Hall–Kier alpha value is -2.93. The molecule has 4 rings (SSSR count). The van der Waals surface area contributed by atoms with Crippen LogP contribution < -0.4 is 5.32 Å². The first-order valence-electron chi connectivity index (χ1n) is 10.0. The lowest BCUT2D eigenvalue weighted by Crippen LogP contribution is -2.24. The Morgan fingerprint density at radius 3 is 2.30 bits per heavy atom. The molecule has 1 atom stereocenters. The van der Waals surface area contributed by atoms with Crippen molar-refractivity contribution in [2.45, 2.75) is 32.9 Å². The van der Waals surface area contributed by atoms with Gasteiger partial charge in [-0.05, 0) is 37.5 Å². The molecule has 2 heterocycles. The van der Waals surface area contributed by atoms with E-state index in [4.69, 9.17) is 0 Å². The van der Waals surface area contributed by atoms with Crippen molar-refractivity contribution in [2.75, 3.05) is 11.5 Å². The van der Waals surface area contributed by atoms with Crippen LogP contribution in [0.3, 0.4) is 0 Å². The molecule has 0 aliphatic carbocycles. The zero-order valence-corrected chi connectivity index (χ0v) is 17.9. The number of nitrogens with one attached hydrogen (secondary N) is 1. The van der Waals surface area contributed by atoms with Gasteiger partial charge in [0.2, 0.25) is 0 Å². The molecule has 7 heteroatoms. The van der Waals surface area contributed by atoms with E-state index in [0.29, 0.717) is 18.7 Å². The molecule has 1 fully saturated rings. The molecule has 0 radical (unpaired) electrons. The van der Waals surface area contributed by atoms with Crippen molar-refractivity contribution in [1.82, 2.24) is 15.1 Å². The number of amides is 1. The largest absolute Gasteiger partial charge is 0.347 e. The van der Waals surface area contributed by atoms with E-state index in [1.165, 1.54) is 0 Å². The minimum atomic E-state index is -3.07. The summed E-state index contributed by atoms with van der Waals surface area (Å²) in [6, 6.07) is 17.4. The van der Waals surface area contributed by atoms with Crippen molar-refractivity contribution in [2.24, 2.45) is 0 Å². The number of nitrogens with zero attached hydrogens (tertiary/aromatic N) is 2. The Kier molecular flexibility index (Phi) is 5.47. The molecular weight excluding hydrogens is 398 g/mol. The predicted octanol–water partition coefficient (Wildman–Crippen LogP) is 3.46. The Morgan fingerprint density at radius 1 is 1.07 bits per heavy atom. The summed E-state index contributed by atoms with van der Waals surface area (Å²) in [7, 11) is -3.07. The van der Waals surface area contributed by atoms with Gasteiger partial charge in [-0.25, -0.2) is 8.42 Å². The minimum Gasteiger partial charge on any atom is -0.347 e. The molecule has 1 aliphatic heterocycles. The highest BCUT2D eigenvalue weighted by Crippen LogP contribution is 2.30. The number of carbonyl (C=O) groups excluding carboxylic acids is 1. The zero-order chi connectivity index (χ0) is 21.3. The predicted molar refractivity (Wildman–Crippen MR) is 117 cm³/mol. The van der Waals surface area contributed by atoms with Crippen LogP contribution in [0.4, 0.5) is 0 Å². The molecule has 156 valence electrons. The molecular formula is C23H25N3O3S. The van der Waals surface area contributed by atoms with Crippen LogP contribution in [0, 0.1) is 13.8 Å². The van der Waals surface area contributed by atoms with Gasteiger partial charge in [-0.1, -0.05) is 59.7 Å². The van der Waals surface area contributed by atoms with Crippen LogP contribution in [0.2, 0.25) is 0 Å². The fourth-order valence-electron chi connectivity index (χ4n) is 3.67. The summed E-state index contributed by atoms with van der Waals surface area (Å²) in [6.07, 6.45) is 0.507. The van der Waals surface area contributed by atoms with E-state index < -0.39 is 9.84 Å². The first kappa shape index (κ1) is 20.3. The van der Waals surface area contributed by atoms with Crippen LogP contribution >= 0.6 is 0 Å². The van der Waals surface area contributed by atoms with Crippen molar-refractivity contribution < 1.29 is 13.2 Å². The fourth-order valence-corrected chi connectivity index (χ4v) is 5.36. The summed E-state index contributed by atoms with van der Waals surface area (Å²) in [5, 5.41) is 7.43. The van der Waals surface area contributed by atoms with Crippen molar-refractivity contribution in [3.63, 3.8) is 0 Å². The van der Waals surface area contributed by atoms with Gasteiger partial charge in [-0.15, -0.1) is 0 Å². The van der Waals surface area contributed by atoms with Crippen molar-refractivity contribution in [1.29, 1.82) is 0 Å². The number of aryl methyl sites for hydroxylation is 2. The molecule has 2 aromatic carbocycles. The Morgan fingerprint density at radius 2 is 1.70 bits per heavy atom. The Bertz CT molecular complexity index is 1160. The summed E-state index contributed by atoms with van der Waals surface area (Å²) in [6.45, 7) is 4.43. The maximum atomic E-state index is 12.8. The summed E-state index contributed by atoms with van der Waals surface area (Å²) in [5.74, 6) is -0.0684. The van der Waals surface area contributed by atoms with Gasteiger partial charge in [0.15, 0.2) is 15.5 Å². The van der Waals surface area contributed by atoms with Crippen LogP contribution in [0.5, 0.6) is 0 Å². The van der Waals surface area contributed by atoms with E-state index in [9.17, 15) is 13.2 Å². The lowest BCUT2D eigenvalue weighted by atomic mass is 10.1. The normalized spacial score (nSPS) is 17.7. The first-order chi connectivity index (χ1) is 14.3. The van der Waals surface area contributed by atoms with Gasteiger partial charge in [0.25, 0.3) is 5.91 Å². The van der Waals surface area contributed by atoms with E-state index in [2.05, 4.69) is 10.4 Å². The van der Waals surface area contributed by atoms with Crippen LogP contribution in [-0.4, -0.2) is 35.6 Å². The number of aromatic nitrogens is 2.